The van der Waals surface area contributed by atoms with Crippen molar-refractivity contribution < 1.29 is 15.0 Å². The third kappa shape index (κ3) is 5.97. The van der Waals surface area contributed by atoms with Crippen LogP contribution >= 0.6 is 0 Å². The first-order chi connectivity index (χ1) is 6.54. The number of hydrogen-bond acceptors (Lipinski definition) is 2. The highest BCUT2D eigenvalue weighted by atomic mass is 16.4. The molecule has 0 aromatic rings. The highest BCUT2D eigenvalue weighted by Crippen LogP contribution is 2.25. The highest BCUT2D eigenvalue weighted by Gasteiger charge is 2.25. The van der Waals surface area contributed by atoms with Gasteiger partial charge in [0.1, 0.15) is 0 Å². The molecule has 84 valence electrons. The molecule has 0 aliphatic rings. The topological polar surface area (TPSA) is 57.5 Å². The summed E-state index contributed by atoms with van der Waals surface area (Å²) in [4.78, 5) is 10.4. The van der Waals surface area contributed by atoms with Gasteiger partial charge in [0.2, 0.25) is 0 Å². The van der Waals surface area contributed by atoms with E-state index < -0.39 is 11.6 Å². The molecule has 0 saturated carbocycles. The molecule has 1 unspecified atom stereocenters. The summed E-state index contributed by atoms with van der Waals surface area (Å²) in [6.07, 6.45) is 4.80. The summed E-state index contributed by atoms with van der Waals surface area (Å²) in [5.41, 5.74) is -0.747. The SMILES string of the molecule is CCCCC(O)(CCC)CCC(=O)O. The second kappa shape index (κ2) is 6.82. The van der Waals surface area contributed by atoms with E-state index in [1.807, 2.05) is 6.92 Å². The number of hydrogen-bond donors (Lipinski definition) is 2. The van der Waals surface area contributed by atoms with Crippen LogP contribution in [0.3, 0.4) is 0 Å². The Morgan fingerprint density at radius 3 is 2.21 bits per heavy atom. The van der Waals surface area contributed by atoms with E-state index in [1.165, 1.54) is 0 Å². The Hall–Kier alpha value is -0.570. The molecule has 0 spiro atoms. The van der Waals surface area contributed by atoms with Gasteiger partial charge in [-0.05, 0) is 19.3 Å². The highest BCUT2D eigenvalue weighted by molar-refractivity contribution is 5.66. The van der Waals surface area contributed by atoms with Gasteiger partial charge in [0, 0.05) is 6.42 Å². The number of carbonyl (C=O) groups is 1. The van der Waals surface area contributed by atoms with Crippen LogP contribution in [0.1, 0.15) is 58.8 Å². The van der Waals surface area contributed by atoms with E-state index in [1.54, 1.807) is 0 Å². The van der Waals surface area contributed by atoms with E-state index in [0.717, 1.165) is 25.7 Å². The third-order valence-electron chi connectivity index (χ3n) is 2.52. The van der Waals surface area contributed by atoms with Crippen LogP contribution < -0.4 is 0 Å². The van der Waals surface area contributed by atoms with Crippen molar-refractivity contribution in [3.05, 3.63) is 0 Å². The molecule has 0 aliphatic heterocycles. The van der Waals surface area contributed by atoms with Gasteiger partial charge >= 0.3 is 5.97 Å². The van der Waals surface area contributed by atoms with Crippen molar-refractivity contribution in [1.82, 2.24) is 0 Å². The fourth-order valence-electron chi connectivity index (χ4n) is 1.69. The Balaban J connectivity index is 4.01. The predicted molar refractivity (Wildman–Crippen MR) is 56.3 cm³/mol. The number of aliphatic carboxylic acids is 1. The summed E-state index contributed by atoms with van der Waals surface area (Å²) in [5.74, 6) is -0.823. The van der Waals surface area contributed by atoms with Crippen LogP contribution in [0.5, 0.6) is 0 Å². The van der Waals surface area contributed by atoms with E-state index in [9.17, 15) is 9.90 Å². The van der Waals surface area contributed by atoms with Crippen LogP contribution in [0.25, 0.3) is 0 Å². The van der Waals surface area contributed by atoms with Gasteiger partial charge in [0.25, 0.3) is 0 Å². The summed E-state index contributed by atoms with van der Waals surface area (Å²) in [6.45, 7) is 4.08. The fraction of sp³-hybridized carbons (Fsp3) is 0.909. The zero-order valence-electron chi connectivity index (χ0n) is 9.25. The quantitative estimate of drug-likeness (QED) is 0.636. The number of aliphatic hydroxyl groups is 1. The van der Waals surface area contributed by atoms with Gasteiger partial charge in [-0.1, -0.05) is 33.1 Å². The van der Waals surface area contributed by atoms with Crippen LogP contribution in [0.2, 0.25) is 0 Å². The van der Waals surface area contributed by atoms with E-state index in [-0.39, 0.29) is 6.42 Å². The van der Waals surface area contributed by atoms with E-state index in [0.29, 0.717) is 12.8 Å². The van der Waals surface area contributed by atoms with Crippen LogP contribution in [0.4, 0.5) is 0 Å². The molecule has 3 heteroatoms. The summed E-state index contributed by atoms with van der Waals surface area (Å²) in [6, 6.07) is 0. The molecule has 0 heterocycles. The first-order valence-electron chi connectivity index (χ1n) is 5.48. The van der Waals surface area contributed by atoms with Crippen LogP contribution in [0, 0.1) is 0 Å². The first kappa shape index (κ1) is 13.4. The molecule has 0 aromatic carbocycles. The molecular weight excluding hydrogens is 180 g/mol. The van der Waals surface area contributed by atoms with Gasteiger partial charge in [-0.25, -0.2) is 0 Å². The minimum atomic E-state index is -0.823. The number of unbranched alkanes of at least 4 members (excludes halogenated alkanes) is 1. The van der Waals surface area contributed by atoms with Gasteiger partial charge in [-0.2, -0.15) is 0 Å². The Bertz CT molecular complexity index is 168. The average Bonchev–Trinajstić information content (AvgIpc) is 2.13. The summed E-state index contributed by atoms with van der Waals surface area (Å²) >= 11 is 0. The lowest BCUT2D eigenvalue weighted by atomic mass is 9.87. The van der Waals surface area contributed by atoms with Crippen molar-refractivity contribution in [2.24, 2.45) is 0 Å². The molecule has 0 rings (SSSR count). The van der Waals surface area contributed by atoms with Crippen LogP contribution in [0.15, 0.2) is 0 Å². The lowest BCUT2D eigenvalue weighted by Gasteiger charge is -2.27. The summed E-state index contributed by atoms with van der Waals surface area (Å²) in [5, 5.41) is 18.7. The molecule has 0 fully saturated rings. The Labute approximate surface area is 86.1 Å². The Morgan fingerprint density at radius 1 is 1.14 bits per heavy atom. The number of carboxylic acids is 1. The second-order valence-corrected chi connectivity index (χ2v) is 3.97. The van der Waals surface area contributed by atoms with Crippen molar-refractivity contribution in [3.63, 3.8) is 0 Å². The lowest BCUT2D eigenvalue weighted by Crippen LogP contribution is -2.29. The maximum atomic E-state index is 10.4. The molecule has 14 heavy (non-hydrogen) atoms. The van der Waals surface area contributed by atoms with E-state index >= 15 is 0 Å². The first-order valence-corrected chi connectivity index (χ1v) is 5.48. The van der Waals surface area contributed by atoms with Gasteiger partial charge in [0.05, 0.1) is 5.60 Å². The maximum absolute atomic E-state index is 10.4. The van der Waals surface area contributed by atoms with Crippen molar-refractivity contribution in [3.8, 4) is 0 Å². The smallest absolute Gasteiger partial charge is 0.303 e. The molecule has 2 N–H and O–H groups in total. The minimum absolute atomic E-state index is 0.0697. The molecule has 0 aromatic heterocycles. The van der Waals surface area contributed by atoms with Gasteiger partial charge < -0.3 is 10.2 Å². The molecule has 0 saturated heterocycles. The number of carboxylic acid groups (broad SMARTS) is 1. The van der Waals surface area contributed by atoms with Crippen molar-refractivity contribution in [2.75, 3.05) is 0 Å². The van der Waals surface area contributed by atoms with Gasteiger partial charge in [0.15, 0.2) is 0 Å². The fourth-order valence-corrected chi connectivity index (χ4v) is 1.69. The lowest BCUT2D eigenvalue weighted by molar-refractivity contribution is -0.138. The third-order valence-corrected chi connectivity index (χ3v) is 2.52. The number of rotatable bonds is 8. The van der Waals surface area contributed by atoms with Crippen LogP contribution in [-0.2, 0) is 4.79 Å². The maximum Gasteiger partial charge on any atom is 0.303 e. The van der Waals surface area contributed by atoms with Crippen molar-refractivity contribution >= 4 is 5.97 Å². The largest absolute Gasteiger partial charge is 0.481 e. The molecule has 1 atom stereocenters. The van der Waals surface area contributed by atoms with E-state index in [2.05, 4.69) is 6.92 Å². The average molecular weight is 202 g/mol. The summed E-state index contributed by atoms with van der Waals surface area (Å²) in [7, 11) is 0. The zero-order valence-corrected chi connectivity index (χ0v) is 9.25. The molecule has 0 amide bonds. The molecule has 0 bridgehead atoms. The van der Waals surface area contributed by atoms with E-state index in [4.69, 9.17) is 5.11 Å². The molecule has 3 nitrogen and oxygen atoms in total. The van der Waals surface area contributed by atoms with Gasteiger partial charge in [-0.3, -0.25) is 4.79 Å². The molecule has 0 aliphatic carbocycles. The predicted octanol–water partition coefficient (Wildman–Crippen LogP) is 2.57. The molecular formula is C11H22O3. The Morgan fingerprint density at radius 2 is 1.79 bits per heavy atom. The Kier molecular flexibility index (Phi) is 6.54. The van der Waals surface area contributed by atoms with Gasteiger partial charge in [-0.15, -0.1) is 0 Å². The second-order valence-electron chi connectivity index (χ2n) is 3.97. The minimum Gasteiger partial charge on any atom is -0.481 e. The normalized spacial score (nSPS) is 15.1. The van der Waals surface area contributed by atoms with Crippen LogP contribution in [-0.4, -0.2) is 21.8 Å². The monoisotopic (exact) mass is 202 g/mol. The summed E-state index contributed by atoms with van der Waals surface area (Å²) < 4.78 is 0. The molecule has 0 radical (unpaired) electrons. The van der Waals surface area contributed by atoms with Crippen molar-refractivity contribution in [2.45, 2.75) is 64.4 Å². The standard InChI is InChI=1S/C11H22O3/c1-3-5-8-11(14,7-4-2)9-6-10(12)13/h14H,3-9H2,1-2H3,(H,12,13). The zero-order chi connectivity index (χ0) is 11.0. The van der Waals surface area contributed by atoms with Crippen molar-refractivity contribution in [1.29, 1.82) is 0 Å².